The molecule has 3 amide bonds. The lowest BCUT2D eigenvalue weighted by Gasteiger charge is -2.54. The highest BCUT2D eigenvalue weighted by Crippen LogP contribution is 2.49. The molecule has 3 heterocycles. The van der Waals surface area contributed by atoms with E-state index in [1.165, 1.54) is 12.1 Å². The van der Waals surface area contributed by atoms with E-state index < -0.39 is 60.2 Å². The van der Waals surface area contributed by atoms with Gasteiger partial charge in [0.15, 0.2) is 6.10 Å². The van der Waals surface area contributed by atoms with Crippen molar-refractivity contribution in [2.75, 3.05) is 6.54 Å². The Morgan fingerprint density at radius 1 is 1.35 bits per heavy atom. The number of nitrogens with zero attached hydrogens (tertiary/aromatic N) is 2. The fourth-order valence-corrected chi connectivity index (χ4v) is 5.54. The first kappa shape index (κ1) is 24.4. The zero-order valence-corrected chi connectivity index (χ0v) is 19.0. The summed E-state index contributed by atoms with van der Waals surface area (Å²) in [5, 5.41) is 25.6. The highest BCUT2D eigenvalue weighted by molar-refractivity contribution is 6.30. The molecule has 4 aliphatic rings. The lowest BCUT2D eigenvalue weighted by Crippen LogP contribution is -2.69. The number of fused-ring (bicyclic) bond motifs is 3. The van der Waals surface area contributed by atoms with Crippen LogP contribution in [0.15, 0.2) is 24.3 Å². The fraction of sp³-hybridized carbons (Fsp3) is 0.565. The number of hydrogen-bond donors (Lipinski definition) is 3. The molecule has 182 valence electrons. The topological polar surface area (TPSA) is 123 Å². The van der Waals surface area contributed by atoms with Gasteiger partial charge in [-0.1, -0.05) is 23.7 Å². The van der Waals surface area contributed by atoms with E-state index in [1.807, 2.05) is 6.07 Å². The van der Waals surface area contributed by atoms with E-state index in [1.54, 1.807) is 12.1 Å². The van der Waals surface area contributed by atoms with Crippen LogP contribution in [0.2, 0.25) is 5.02 Å². The molecule has 6 atom stereocenters. The molecule has 3 N–H and O–H groups in total. The second kappa shape index (κ2) is 9.47. The summed E-state index contributed by atoms with van der Waals surface area (Å²) in [5.74, 6) is -7.05. The monoisotopic (exact) mass is 494 g/mol. The number of piperidine rings is 2. The molecule has 5 rings (SSSR count). The maximum absolute atomic E-state index is 14.8. The van der Waals surface area contributed by atoms with Crippen molar-refractivity contribution in [1.29, 1.82) is 5.26 Å². The number of carbonyl (C=O) groups excluding carboxylic acids is 3. The summed E-state index contributed by atoms with van der Waals surface area (Å²) in [7, 11) is 0. The van der Waals surface area contributed by atoms with Gasteiger partial charge >= 0.3 is 0 Å². The van der Waals surface area contributed by atoms with Crippen LogP contribution in [-0.2, 0) is 14.4 Å². The van der Waals surface area contributed by atoms with E-state index in [0.717, 1.165) is 4.90 Å². The second-order valence-electron chi connectivity index (χ2n) is 9.15. The number of amides is 3. The molecule has 1 aromatic rings. The second-order valence-corrected chi connectivity index (χ2v) is 9.59. The molecule has 0 aromatic heterocycles. The van der Waals surface area contributed by atoms with Crippen molar-refractivity contribution in [3.8, 4) is 6.07 Å². The number of rotatable bonds is 6. The van der Waals surface area contributed by atoms with Gasteiger partial charge in [0.2, 0.25) is 11.8 Å². The summed E-state index contributed by atoms with van der Waals surface area (Å²) in [4.78, 5) is 39.4. The van der Waals surface area contributed by atoms with Crippen molar-refractivity contribution in [3.05, 3.63) is 34.9 Å². The third-order valence-electron chi connectivity index (χ3n) is 7.01. The SMILES string of the molecule is N#C[C@@H](C[C@@H]1CCNC1=O)NC(=O)[C@@H]1[C@H]2CC[C@H](CC2(F)F)N1C(=O)[C@@H](O)c1cccc(Cl)c1. The van der Waals surface area contributed by atoms with Crippen molar-refractivity contribution in [2.45, 2.75) is 62.3 Å². The molecule has 0 spiro atoms. The van der Waals surface area contributed by atoms with E-state index in [2.05, 4.69) is 10.6 Å². The standard InChI is InChI=1S/C23H25ClF2N4O4/c24-14-3-1-2-12(8-14)19(31)22(34)30-16-4-5-17(23(25,26)10-16)18(30)21(33)29-15(11-27)9-13-6-7-28-20(13)32/h1-3,8,13,15-19,31H,4-7,9-10H2,(H,28,32)(H,29,33)/t13-,15+,16+,17+,18-,19-/m0/s1. The van der Waals surface area contributed by atoms with Crippen LogP contribution >= 0.6 is 11.6 Å². The third kappa shape index (κ3) is 4.59. The first-order valence-corrected chi connectivity index (χ1v) is 11.6. The minimum absolute atomic E-state index is 0.0368. The van der Waals surface area contributed by atoms with Gasteiger partial charge < -0.3 is 20.6 Å². The highest BCUT2D eigenvalue weighted by atomic mass is 35.5. The lowest BCUT2D eigenvalue weighted by molar-refractivity contribution is -0.198. The predicted octanol–water partition coefficient (Wildman–Crippen LogP) is 1.92. The summed E-state index contributed by atoms with van der Waals surface area (Å²) in [6, 6.07) is 4.35. The predicted molar refractivity (Wildman–Crippen MR) is 116 cm³/mol. The van der Waals surface area contributed by atoms with Crippen molar-refractivity contribution >= 4 is 29.3 Å². The van der Waals surface area contributed by atoms with Gasteiger partial charge in [0.1, 0.15) is 12.1 Å². The van der Waals surface area contributed by atoms with Crippen LogP contribution in [0.5, 0.6) is 0 Å². The molecular formula is C23H25ClF2N4O4. The maximum atomic E-state index is 14.8. The number of halogens is 3. The normalized spacial score (nSPS) is 29.1. The Hall–Kier alpha value is -2.77. The van der Waals surface area contributed by atoms with Crippen LogP contribution in [0.25, 0.3) is 0 Å². The van der Waals surface area contributed by atoms with Gasteiger partial charge in [-0.3, -0.25) is 14.4 Å². The molecule has 0 unspecified atom stereocenters. The highest BCUT2D eigenvalue weighted by Gasteiger charge is 2.61. The minimum Gasteiger partial charge on any atom is -0.378 e. The van der Waals surface area contributed by atoms with Crippen LogP contribution in [-0.4, -0.2) is 58.3 Å². The van der Waals surface area contributed by atoms with E-state index >= 15 is 0 Å². The number of hydrogen-bond acceptors (Lipinski definition) is 5. The number of alkyl halides is 2. The van der Waals surface area contributed by atoms with Crippen LogP contribution < -0.4 is 10.6 Å². The van der Waals surface area contributed by atoms with Gasteiger partial charge in [-0.25, -0.2) is 8.78 Å². The third-order valence-corrected chi connectivity index (χ3v) is 7.25. The zero-order chi connectivity index (χ0) is 24.6. The quantitative estimate of drug-likeness (QED) is 0.557. The van der Waals surface area contributed by atoms with Crippen molar-refractivity contribution in [1.82, 2.24) is 15.5 Å². The Balaban J connectivity index is 1.58. The maximum Gasteiger partial charge on any atom is 0.256 e. The Kier molecular flexibility index (Phi) is 6.78. The van der Waals surface area contributed by atoms with E-state index in [0.29, 0.717) is 13.0 Å². The summed E-state index contributed by atoms with van der Waals surface area (Å²) >= 11 is 5.95. The Labute approximate surface area is 200 Å². The van der Waals surface area contributed by atoms with E-state index in [4.69, 9.17) is 11.6 Å². The van der Waals surface area contributed by atoms with Crippen molar-refractivity contribution in [2.24, 2.45) is 11.8 Å². The average molecular weight is 495 g/mol. The molecule has 1 saturated carbocycles. The van der Waals surface area contributed by atoms with Crippen LogP contribution in [0.1, 0.15) is 43.8 Å². The molecule has 0 radical (unpaired) electrons. The number of nitriles is 1. The number of aliphatic hydroxyl groups is 1. The van der Waals surface area contributed by atoms with Gasteiger partial charge in [0, 0.05) is 29.9 Å². The molecule has 3 saturated heterocycles. The molecular weight excluding hydrogens is 470 g/mol. The number of benzene rings is 1. The molecule has 2 bridgehead atoms. The van der Waals surface area contributed by atoms with Crippen LogP contribution in [0, 0.1) is 23.2 Å². The molecule has 8 nitrogen and oxygen atoms in total. The molecule has 1 aliphatic carbocycles. The summed E-state index contributed by atoms with van der Waals surface area (Å²) < 4.78 is 29.6. The van der Waals surface area contributed by atoms with Gasteiger partial charge in [0.25, 0.3) is 11.8 Å². The van der Waals surface area contributed by atoms with Crippen LogP contribution in [0.3, 0.4) is 0 Å². The molecule has 11 heteroatoms. The lowest BCUT2D eigenvalue weighted by atomic mass is 9.71. The first-order chi connectivity index (χ1) is 16.1. The van der Waals surface area contributed by atoms with Gasteiger partial charge in [-0.2, -0.15) is 5.26 Å². The summed E-state index contributed by atoms with van der Waals surface area (Å²) in [6.45, 7) is 0.470. The minimum atomic E-state index is -3.17. The average Bonchev–Trinajstić information content (AvgIpc) is 3.20. The Morgan fingerprint density at radius 2 is 2.12 bits per heavy atom. The summed E-state index contributed by atoms with van der Waals surface area (Å²) in [5.41, 5.74) is 0.187. The van der Waals surface area contributed by atoms with E-state index in [9.17, 15) is 33.5 Å². The Bertz CT molecular complexity index is 1030. The summed E-state index contributed by atoms with van der Waals surface area (Å²) in [6.07, 6.45) is -1.41. The zero-order valence-electron chi connectivity index (χ0n) is 18.2. The molecule has 4 fully saturated rings. The smallest absolute Gasteiger partial charge is 0.256 e. The van der Waals surface area contributed by atoms with E-state index in [-0.39, 0.29) is 35.8 Å². The molecule has 34 heavy (non-hydrogen) atoms. The largest absolute Gasteiger partial charge is 0.378 e. The van der Waals surface area contributed by atoms with Crippen molar-refractivity contribution < 1.29 is 28.3 Å². The Morgan fingerprint density at radius 3 is 2.74 bits per heavy atom. The number of nitrogens with one attached hydrogen (secondary N) is 2. The van der Waals surface area contributed by atoms with Gasteiger partial charge in [-0.15, -0.1) is 0 Å². The number of carbonyl (C=O) groups is 3. The first-order valence-electron chi connectivity index (χ1n) is 11.2. The fourth-order valence-electron chi connectivity index (χ4n) is 5.34. The number of aliphatic hydroxyl groups excluding tert-OH is 1. The van der Waals surface area contributed by atoms with Crippen LogP contribution in [0.4, 0.5) is 8.78 Å². The molecule has 1 aromatic carbocycles. The van der Waals surface area contributed by atoms with Gasteiger partial charge in [0.05, 0.1) is 12.0 Å². The van der Waals surface area contributed by atoms with Gasteiger partial charge in [-0.05, 0) is 43.4 Å². The molecule has 3 aliphatic heterocycles. The van der Waals surface area contributed by atoms with Crippen molar-refractivity contribution in [3.63, 3.8) is 0 Å².